The summed E-state index contributed by atoms with van der Waals surface area (Å²) in [6, 6.07) is 4.59. The van der Waals surface area contributed by atoms with Crippen LogP contribution in [0.5, 0.6) is 0 Å². The highest BCUT2D eigenvalue weighted by atomic mass is 19.1. The minimum Gasteiger partial charge on any atom is -0.369 e. The lowest BCUT2D eigenvalue weighted by Crippen LogP contribution is -2.38. The van der Waals surface area contributed by atoms with Crippen LogP contribution in [-0.2, 0) is 4.79 Å². The molecule has 0 spiro atoms. The molecule has 2 fully saturated rings. The summed E-state index contributed by atoms with van der Waals surface area (Å²) in [5, 5.41) is 5.53. The van der Waals surface area contributed by atoms with Gasteiger partial charge in [0.25, 0.3) is 5.91 Å². The van der Waals surface area contributed by atoms with Crippen LogP contribution in [0.4, 0.5) is 10.1 Å². The van der Waals surface area contributed by atoms with E-state index in [-0.39, 0.29) is 23.7 Å². The first-order chi connectivity index (χ1) is 10.6. The van der Waals surface area contributed by atoms with Crippen molar-refractivity contribution >= 4 is 17.5 Å². The Kier molecular flexibility index (Phi) is 4.27. The third-order valence-corrected chi connectivity index (χ3v) is 4.25. The number of hydrogen-bond donors (Lipinski definition) is 2. The molecule has 3 rings (SSSR count). The van der Waals surface area contributed by atoms with Crippen LogP contribution >= 0.6 is 0 Å². The number of carbonyl (C=O) groups is 2. The molecule has 0 aromatic heterocycles. The Morgan fingerprint density at radius 2 is 2.14 bits per heavy atom. The number of benzene rings is 1. The van der Waals surface area contributed by atoms with Crippen LogP contribution in [0.3, 0.4) is 0 Å². The maximum atomic E-state index is 14.2. The van der Waals surface area contributed by atoms with Gasteiger partial charge in [0, 0.05) is 37.7 Å². The van der Waals surface area contributed by atoms with E-state index in [1.54, 1.807) is 12.1 Å². The number of nitrogens with zero attached hydrogens (tertiary/aromatic N) is 1. The molecule has 2 aliphatic rings. The van der Waals surface area contributed by atoms with Crippen molar-refractivity contribution in [2.24, 2.45) is 0 Å². The van der Waals surface area contributed by atoms with E-state index < -0.39 is 0 Å². The molecule has 118 valence electrons. The summed E-state index contributed by atoms with van der Waals surface area (Å²) in [6.45, 7) is 2.10. The summed E-state index contributed by atoms with van der Waals surface area (Å²) in [6.07, 6.45) is 3.38. The molecular formula is C16H20FN3O2. The molecule has 5 nitrogen and oxygen atoms in total. The van der Waals surface area contributed by atoms with Crippen molar-refractivity contribution in [3.63, 3.8) is 0 Å². The molecule has 1 aromatic carbocycles. The fourth-order valence-electron chi connectivity index (χ4n) is 3.01. The van der Waals surface area contributed by atoms with E-state index in [4.69, 9.17) is 0 Å². The minimum atomic E-state index is -0.358. The van der Waals surface area contributed by atoms with Crippen molar-refractivity contribution in [2.45, 2.75) is 31.7 Å². The number of amides is 2. The van der Waals surface area contributed by atoms with Crippen LogP contribution in [0.1, 0.15) is 36.0 Å². The summed E-state index contributed by atoms with van der Waals surface area (Å²) < 4.78 is 14.2. The van der Waals surface area contributed by atoms with Gasteiger partial charge in [0.05, 0.1) is 5.69 Å². The molecule has 2 saturated heterocycles. The second kappa shape index (κ2) is 6.34. The van der Waals surface area contributed by atoms with Crippen molar-refractivity contribution in [3.8, 4) is 0 Å². The Morgan fingerprint density at radius 3 is 2.77 bits per heavy atom. The van der Waals surface area contributed by atoms with E-state index in [0.29, 0.717) is 24.2 Å². The number of halogens is 1. The van der Waals surface area contributed by atoms with Crippen molar-refractivity contribution in [1.29, 1.82) is 0 Å². The first-order valence-corrected chi connectivity index (χ1v) is 7.75. The molecule has 6 heteroatoms. The number of carbonyl (C=O) groups excluding carboxylic acids is 2. The molecular weight excluding hydrogens is 285 g/mol. The average molecular weight is 305 g/mol. The quantitative estimate of drug-likeness (QED) is 0.885. The zero-order valence-electron chi connectivity index (χ0n) is 12.4. The molecule has 0 radical (unpaired) electrons. The molecule has 0 bridgehead atoms. The van der Waals surface area contributed by atoms with Crippen molar-refractivity contribution < 1.29 is 14.0 Å². The monoisotopic (exact) mass is 305 g/mol. The Balaban J connectivity index is 1.60. The van der Waals surface area contributed by atoms with Gasteiger partial charge in [-0.25, -0.2) is 4.39 Å². The van der Waals surface area contributed by atoms with Crippen molar-refractivity contribution in [2.75, 3.05) is 24.5 Å². The Labute approximate surface area is 128 Å². The maximum absolute atomic E-state index is 14.2. The first kappa shape index (κ1) is 14.8. The fraction of sp³-hybridized carbons (Fsp3) is 0.500. The molecule has 2 N–H and O–H groups in total. The maximum Gasteiger partial charge on any atom is 0.251 e. The van der Waals surface area contributed by atoms with E-state index in [0.717, 1.165) is 32.4 Å². The highest BCUT2D eigenvalue weighted by molar-refractivity contribution is 5.94. The van der Waals surface area contributed by atoms with Gasteiger partial charge in [0.1, 0.15) is 5.82 Å². The van der Waals surface area contributed by atoms with Gasteiger partial charge in [-0.2, -0.15) is 0 Å². The van der Waals surface area contributed by atoms with Gasteiger partial charge in [-0.15, -0.1) is 0 Å². The van der Waals surface area contributed by atoms with Gasteiger partial charge < -0.3 is 15.5 Å². The summed E-state index contributed by atoms with van der Waals surface area (Å²) in [5.41, 5.74) is 0.877. The zero-order chi connectivity index (χ0) is 15.5. The number of nitrogens with one attached hydrogen (secondary N) is 2. The van der Waals surface area contributed by atoms with Gasteiger partial charge >= 0.3 is 0 Å². The SMILES string of the molecule is O=C1CC[C@H](CNC(=O)c2ccc(N3CCCC3)c(F)c2)N1. The van der Waals surface area contributed by atoms with Crippen LogP contribution in [0, 0.1) is 5.82 Å². The lowest BCUT2D eigenvalue weighted by Gasteiger charge is -2.18. The standard InChI is InChI=1S/C16H20FN3O2/c17-13-9-11(3-5-14(13)20-7-1-2-8-20)16(22)18-10-12-4-6-15(21)19-12/h3,5,9,12H,1-2,4,6-8,10H2,(H,18,22)(H,19,21)/t12-/m1/s1. The fourth-order valence-corrected chi connectivity index (χ4v) is 3.01. The molecule has 22 heavy (non-hydrogen) atoms. The van der Waals surface area contributed by atoms with E-state index in [2.05, 4.69) is 10.6 Å². The second-order valence-electron chi connectivity index (χ2n) is 5.87. The smallest absolute Gasteiger partial charge is 0.251 e. The lowest BCUT2D eigenvalue weighted by atomic mass is 10.1. The van der Waals surface area contributed by atoms with Gasteiger partial charge in [-0.1, -0.05) is 0 Å². The Morgan fingerprint density at radius 1 is 1.36 bits per heavy atom. The Bertz CT molecular complexity index is 585. The topological polar surface area (TPSA) is 61.4 Å². The normalized spacial score (nSPS) is 21.0. The Hall–Kier alpha value is -2.11. The summed E-state index contributed by atoms with van der Waals surface area (Å²) >= 11 is 0. The van der Waals surface area contributed by atoms with Gasteiger partial charge in [0.15, 0.2) is 0 Å². The summed E-state index contributed by atoms with van der Waals surface area (Å²) in [5.74, 6) is -0.656. The molecule has 2 heterocycles. The highest BCUT2D eigenvalue weighted by Gasteiger charge is 2.22. The van der Waals surface area contributed by atoms with Gasteiger partial charge in [-0.3, -0.25) is 9.59 Å². The molecule has 0 aliphatic carbocycles. The van der Waals surface area contributed by atoms with E-state index >= 15 is 0 Å². The molecule has 2 amide bonds. The minimum absolute atomic E-state index is 0.0141. The van der Waals surface area contributed by atoms with Gasteiger partial charge in [0.2, 0.25) is 5.91 Å². The van der Waals surface area contributed by atoms with E-state index in [9.17, 15) is 14.0 Å². The predicted octanol–water partition coefficient (Wildman–Crippen LogP) is 1.43. The second-order valence-corrected chi connectivity index (χ2v) is 5.87. The summed E-state index contributed by atoms with van der Waals surface area (Å²) in [4.78, 5) is 25.2. The van der Waals surface area contributed by atoms with Crippen LogP contribution in [0.2, 0.25) is 0 Å². The largest absolute Gasteiger partial charge is 0.369 e. The lowest BCUT2D eigenvalue weighted by molar-refractivity contribution is -0.119. The molecule has 1 aromatic rings. The first-order valence-electron chi connectivity index (χ1n) is 7.75. The van der Waals surface area contributed by atoms with Crippen LogP contribution in [0.15, 0.2) is 18.2 Å². The molecule has 0 unspecified atom stereocenters. The van der Waals surface area contributed by atoms with Crippen LogP contribution in [-0.4, -0.2) is 37.5 Å². The van der Waals surface area contributed by atoms with E-state index in [1.807, 2.05) is 4.90 Å². The summed E-state index contributed by atoms with van der Waals surface area (Å²) in [7, 11) is 0. The van der Waals surface area contributed by atoms with Crippen LogP contribution < -0.4 is 15.5 Å². The highest BCUT2D eigenvalue weighted by Crippen LogP contribution is 2.24. The predicted molar refractivity (Wildman–Crippen MR) is 81.3 cm³/mol. The molecule has 0 saturated carbocycles. The third-order valence-electron chi connectivity index (χ3n) is 4.25. The number of rotatable bonds is 4. The number of anilines is 1. The van der Waals surface area contributed by atoms with Crippen molar-refractivity contribution in [1.82, 2.24) is 10.6 Å². The van der Waals surface area contributed by atoms with Crippen LogP contribution in [0.25, 0.3) is 0 Å². The average Bonchev–Trinajstić information content (AvgIpc) is 3.16. The van der Waals surface area contributed by atoms with E-state index in [1.165, 1.54) is 6.07 Å². The van der Waals surface area contributed by atoms with Gasteiger partial charge in [-0.05, 0) is 37.5 Å². The van der Waals surface area contributed by atoms with Crippen molar-refractivity contribution in [3.05, 3.63) is 29.6 Å². The third kappa shape index (κ3) is 3.21. The molecule has 2 aliphatic heterocycles. The zero-order valence-corrected chi connectivity index (χ0v) is 12.4. The molecule has 1 atom stereocenters. The number of hydrogen-bond acceptors (Lipinski definition) is 3.